The van der Waals surface area contributed by atoms with Gasteiger partial charge < -0.3 is 9.47 Å². The Labute approximate surface area is 221 Å². The molecule has 0 unspecified atom stereocenters. The number of nitrogens with zero attached hydrogens (tertiary/aromatic N) is 2. The van der Waals surface area contributed by atoms with E-state index in [4.69, 9.17) is 26.1 Å². The first kappa shape index (κ1) is 25.9. The van der Waals surface area contributed by atoms with Crippen molar-refractivity contribution in [2.75, 3.05) is 13.7 Å². The Balaban J connectivity index is 1.68. The lowest BCUT2D eigenvalue weighted by molar-refractivity contribution is -0.122. The lowest BCUT2D eigenvalue weighted by Crippen LogP contribution is -2.32. The molecule has 1 fully saturated rings. The van der Waals surface area contributed by atoms with Gasteiger partial charge in [0.25, 0.3) is 5.91 Å². The molecule has 1 saturated heterocycles. The molecule has 1 amide bonds. The first-order valence-electron chi connectivity index (χ1n) is 11.8. The number of aryl methyl sites for hydroxylation is 1. The Kier molecular flexibility index (Phi) is 8.39. The Bertz CT molecular complexity index is 1300. The number of amides is 1. The second-order valence-corrected chi connectivity index (χ2v) is 10.3. The highest BCUT2D eigenvalue weighted by atomic mass is 35.5. The second-order valence-electron chi connectivity index (χ2n) is 8.91. The van der Waals surface area contributed by atoms with Gasteiger partial charge in [0.15, 0.2) is 16.7 Å². The average molecular weight is 521 g/mol. The van der Waals surface area contributed by atoms with Crippen LogP contribution in [-0.4, -0.2) is 29.6 Å². The fourth-order valence-corrected chi connectivity index (χ4v) is 4.90. The Morgan fingerprint density at radius 3 is 2.50 bits per heavy atom. The van der Waals surface area contributed by atoms with Gasteiger partial charge in [-0.15, -0.1) is 0 Å². The molecule has 0 radical (unpaired) electrons. The van der Waals surface area contributed by atoms with Gasteiger partial charge in [-0.1, -0.05) is 73.5 Å². The van der Waals surface area contributed by atoms with Crippen LogP contribution in [0.1, 0.15) is 30.5 Å². The van der Waals surface area contributed by atoms with Crippen molar-refractivity contribution in [1.29, 1.82) is 0 Å². The Hall–Kier alpha value is -3.22. The largest absolute Gasteiger partial charge is 0.493 e. The highest BCUT2D eigenvalue weighted by Gasteiger charge is 2.34. The lowest BCUT2D eigenvalue weighted by atomic mass is 10.1. The number of thioether (sulfide) groups is 1. The monoisotopic (exact) mass is 520 g/mol. The van der Waals surface area contributed by atoms with Crippen molar-refractivity contribution in [2.24, 2.45) is 10.9 Å². The molecule has 0 aliphatic carbocycles. The van der Waals surface area contributed by atoms with Crippen molar-refractivity contribution in [1.82, 2.24) is 4.90 Å². The predicted octanol–water partition coefficient (Wildman–Crippen LogP) is 7.50. The van der Waals surface area contributed by atoms with Gasteiger partial charge in [-0.3, -0.25) is 9.69 Å². The third kappa shape index (κ3) is 6.12. The van der Waals surface area contributed by atoms with Gasteiger partial charge in [0.1, 0.15) is 6.61 Å². The molecule has 7 heteroatoms. The summed E-state index contributed by atoms with van der Waals surface area (Å²) in [5.41, 5.74) is 3.59. The van der Waals surface area contributed by atoms with Crippen LogP contribution < -0.4 is 9.47 Å². The number of para-hydroxylation sites is 1. The third-order valence-corrected chi connectivity index (χ3v) is 6.92. The van der Waals surface area contributed by atoms with Crippen LogP contribution >= 0.6 is 23.4 Å². The summed E-state index contributed by atoms with van der Waals surface area (Å²) in [4.78, 5) is 20.6. The first-order chi connectivity index (χ1) is 17.4. The molecule has 4 rings (SSSR count). The van der Waals surface area contributed by atoms with E-state index in [2.05, 4.69) is 13.8 Å². The van der Waals surface area contributed by atoms with Crippen LogP contribution in [0.4, 0.5) is 5.69 Å². The van der Waals surface area contributed by atoms with Crippen molar-refractivity contribution >= 4 is 46.2 Å². The maximum absolute atomic E-state index is 13.5. The van der Waals surface area contributed by atoms with Crippen molar-refractivity contribution in [2.45, 2.75) is 27.4 Å². The molecule has 5 nitrogen and oxygen atoms in total. The van der Waals surface area contributed by atoms with Crippen molar-refractivity contribution in [3.8, 4) is 11.5 Å². The molecule has 0 bridgehead atoms. The molecule has 1 heterocycles. The van der Waals surface area contributed by atoms with E-state index in [1.807, 2.05) is 79.7 Å². The Morgan fingerprint density at radius 1 is 1.06 bits per heavy atom. The van der Waals surface area contributed by atoms with E-state index in [1.54, 1.807) is 12.0 Å². The summed E-state index contributed by atoms with van der Waals surface area (Å²) in [6.45, 7) is 7.08. The van der Waals surface area contributed by atoms with E-state index in [1.165, 1.54) is 11.8 Å². The molecule has 3 aromatic rings. The number of ether oxygens (including phenoxy) is 2. The number of methoxy groups -OCH3 is 1. The number of benzene rings is 3. The number of amidine groups is 1. The van der Waals surface area contributed by atoms with Crippen LogP contribution in [0.2, 0.25) is 5.02 Å². The van der Waals surface area contributed by atoms with Crippen LogP contribution in [0.25, 0.3) is 6.08 Å². The van der Waals surface area contributed by atoms with E-state index < -0.39 is 0 Å². The molecule has 0 aromatic heterocycles. The molecule has 186 valence electrons. The molecular weight excluding hydrogens is 492 g/mol. The van der Waals surface area contributed by atoms with E-state index in [0.717, 1.165) is 22.4 Å². The minimum atomic E-state index is -0.0700. The van der Waals surface area contributed by atoms with E-state index in [-0.39, 0.29) is 12.5 Å². The van der Waals surface area contributed by atoms with Crippen molar-refractivity contribution in [3.63, 3.8) is 0 Å². The molecule has 36 heavy (non-hydrogen) atoms. The summed E-state index contributed by atoms with van der Waals surface area (Å²) in [6, 6.07) is 21.1. The molecule has 0 saturated carbocycles. The maximum atomic E-state index is 13.5. The van der Waals surface area contributed by atoms with Crippen LogP contribution in [-0.2, 0) is 11.4 Å². The second kappa shape index (κ2) is 11.7. The van der Waals surface area contributed by atoms with Crippen LogP contribution in [0.15, 0.2) is 76.6 Å². The highest BCUT2D eigenvalue weighted by molar-refractivity contribution is 8.18. The van der Waals surface area contributed by atoms with Gasteiger partial charge in [0.2, 0.25) is 0 Å². The van der Waals surface area contributed by atoms with Gasteiger partial charge in [0.05, 0.1) is 17.7 Å². The van der Waals surface area contributed by atoms with Gasteiger partial charge in [-0.25, -0.2) is 4.99 Å². The molecule has 1 aliphatic rings. The standard InChI is InChI=1S/C29H29ClN2O3S/c1-19(2)17-32-28(33)26(36-29(32)31-23-14-12-20(3)13-15-23)16-21-9-7-11-25(34-4)27(21)35-18-22-8-5-6-10-24(22)30/h5-16,19H,17-18H2,1-4H3/b26-16+,31-29?. The normalized spacial score (nSPS) is 15.8. The van der Waals surface area contributed by atoms with E-state index in [0.29, 0.717) is 39.1 Å². The highest BCUT2D eigenvalue weighted by Crippen LogP contribution is 2.39. The predicted molar refractivity (Wildman–Crippen MR) is 149 cm³/mol. The average Bonchev–Trinajstić information content (AvgIpc) is 3.13. The summed E-state index contributed by atoms with van der Waals surface area (Å²) in [7, 11) is 1.60. The number of rotatable bonds is 8. The third-order valence-electron chi connectivity index (χ3n) is 5.54. The maximum Gasteiger partial charge on any atom is 0.266 e. The molecular formula is C29H29ClN2O3S. The fraction of sp³-hybridized carbons (Fsp3) is 0.241. The molecule has 3 aromatic carbocycles. The number of hydrogen-bond acceptors (Lipinski definition) is 5. The zero-order valence-electron chi connectivity index (χ0n) is 20.8. The van der Waals surface area contributed by atoms with E-state index in [9.17, 15) is 4.79 Å². The zero-order valence-corrected chi connectivity index (χ0v) is 22.4. The molecule has 1 aliphatic heterocycles. The minimum Gasteiger partial charge on any atom is -0.493 e. The molecule has 0 N–H and O–H groups in total. The SMILES string of the molecule is COc1cccc(/C=C2/SC(=Nc3ccc(C)cc3)N(CC(C)C)C2=O)c1OCc1ccccc1Cl. The first-order valence-corrected chi connectivity index (χ1v) is 12.9. The fourth-order valence-electron chi connectivity index (χ4n) is 3.72. The van der Waals surface area contributed by atoms with Crippen molar-refractivity contribution in [3.05, 3.63) is 93.3 Å². The van der Waals surface area contributed by atoms with E-state index >= 15 is 0 Å². The number of carbonyl (C=O) groups excluding carboxylic acids is 1. The molecule has 0 spiro atoms. The topological polar surface area (TPSA) is 51.1 Å². The number of halogens is 1. The zero-order chi connectivity index (χ0) is 25.7. The summed E-state index contributed by atoms with van der Waals surface area (Å²) in [6.07, 6.45) is 1.85. The van der Waals surface area contributed by atoms with Gasteiger partial charge in [-0.05, 0) is 54.9 Å². The molecule has 0 atom stereocenters. The number of carbonyl (C=O) groups is 1. The van der Waals surface area contributed by atoms with Gasteiger partial charge in [-0.2, -0.15) is 0 Å². The Morgan fingerprint density at radius 2 is 1.81 bits per heavy atom. The van der Waals surface area contributed by atoms with Crippen LogP contribution in [0.3, 0.4) is 0 Å². The minimum absolute atomic E-state index is 0.0700. The summed E-state index contributed by atoms with van der Waals surface area (Å²) in [5.74, 6) is 1.36. The lowest BCUT2D eigenvalue weighted by Gasteiger charge is -2.17. The summed E-state index contributed by atoms with van der Waals surface area (Å²) >= 11 is 7.69. The smallest absolute Gasteiger partial charge is 0.266 e. The van der Waals surface area contributed by atoms with Gasteiger partial charge >= 0.3 is 0 Å². The van der Waals surface area contributed by atoms with Crippen LogP contribution in [0.5, 0.6) is 11.5 Å². The van der Waals surface area contributed by atoms with Crippen molar-refractivity contribution < 1.29 is 14.3 Å². The number of aliphatic imine (C=N–C) groups is 1. The quantitative estimate of drug-likeness (QED) is 0.288. The van der Waals surface area contributed by atoms with Crippen LogP contribution in [0, 0.1) is 12.8 Å². The number of hydrogen-bond donors (Lipinski definition) is 0. The van der Waals surface area contributed by atoms with Gasteiger partial charge in [0, 0.05) is 22.7 Å². The summed E-state index contributed by atoms with van der Waals surface area (Å²) in [5, 5.41) is 1.31. The summed E-state index contributed by atoms with van der Waals surface area (Å²) < 4.78 is 11.7.